The van der Waals surface area contributed by atoms with Crippen LogP contribution in [0.4, 0.5) is 0 Å². The van der Waals surface area contributed by atoms with E-state index < -0.39 is 10.0 Å². The largest absolute Gasteiger partial charge is 0.384 e. The number of sulfonamides is 1. The van der Waals surface area contributed by atoms with Crippen LogP contribution in [0.1, 0.15) is 13.3 Å². The Balaban J connectivity index is 4.19. The number of hydrogen-bond acceptors (Lipinski definition) is 3. The molecule has 86 valence electrons. The van der Waals surface area contributed by atoms with E-state index in [1.165, 1.54) is 11.4 Å². The maximum absolute atomic E-state index is 11.6. The van der Waals surface area contributed by atoms with Gasteiger partial charge in [-0.05, 0) is 6.42 Å². The zero-order chi connectivity index (χ0) is 11.0. The van der Waals surface area contributed by atoms with Crippen molar-refractivity contribution in [2.75, 3.05) is 38.4 Å². The number of ether oxygens (including phenoxy) is 1. The molecule has 0 spiro atoms. The minimum absolute atomic E-state index is 0.0413. The van der Waals surface area contributed by atoms with Crippen LogP contribution >= 0.6 is 11.6 Å². The molecule has 0 fully saturated rings. The first-order valence-electron chi connectivity index (χ1n) is 4.61. The normalized spacial score (nSPS) is 12.3. The molecule has 0 N–H and O–H groups in total. The van der Waals surface area contributed by atoms with Crippen LogP contribution in [0.5, 0.6) is 0 Å². The molecule has 14 heavy (non-hydrogen) atoms. The van der Waals surface area contributed by atoms with Crippen molar-refractivity contribution in [3.63, 3.8) is 0 Å². The predicted octanol–water partition coefficient (Wildman–Crippen LogP) is 0.913. The van der Waals surface area contributed by atoms with Crippen LogP contribution in [0.2, 0.25) is 0 Å². The average Bonchev–Trinajstić information content (AvgIpc) is 2.16. The summed E-state index contributed by atoms with van der Waals surface area (Å²) in [5.74, 6) is 0.524. The molecule has 0 unspecified atom stereocenters. The fourth-order valence-corrected chi connectivity index (χ4v) is 2.60. The topological polar surface area (TPSA) is 46.6 Å². The van der Waals surface area contributed by atoms with Crippen molar-refractivity contribution >= 4 is 21.6 Å². The van der Waals surface area contributed by atoms with Crippen LogP contribution in [-0.4, -0.2) is 51.2 Å². The maximum Gasteiger partial charge on any atom is 0.216 e. The molecule has 6 heteroatoms. The molecule has 0 saturated carbocycles. The standard InChI is InChI=1S/C8H18ClNO3S/c1-3-10(6-4-5-9)14(11,12)8-7-13-2/h3-8H2,1-2H3. The summed E-state index contributed by atoms with van der Waals surface area (Å²) < 4.78 is 29.4. The monoisotopic (exact) mass is 243 g/mol. The molecule has 4 nitrogen and oxygen atoms in total. The molecule has 0 aliphatic heterocycles. The molecule has 0 amide bonds. The number of alkyl halides is 1. The van der Waals surface area contributed by atoms with E-state index in [-0.39, 0.29) is 12.4 Å². The molecule has 0 heterocycles. The number of halogens is 1. The number of hydrogen-bond donors (Lipinski definition) is 0. The number of methoxy groups -OCH3 is 1. The third-order valence-corrected chi connectivity index (χ3v) is 4.01. The lowest BCUT2D eigenvalue weighted by Crippen LogP contribution is -2.35. The number of nitrogens with zero attached hydrogens (tertiary/aromatic N) is 1. The van der Waals surface area contributed by atoms with Gasteiger partial charge in [-0.1, -0.05) is 6.92 Å². The molecular formula is C8H18ClNO3S. The van der Waals surface area contributed by atoms with Gasteiger partial charge >= 0.3 is 0 Å². The Morgan fingerprint density at radius 1 is 1.43 bits per heavy atom. The van der Waals surface area contributed by atoms with E-state index in [0.29, 0.717) is 25.4 Å². The summed E-state index contributed by atoms with van der Waals surface area (Å²) in [5.41, 5.74) is 0. The molecule has 0 aliphatic rings. The fourth-order valence-electron chi connectivity index (χ4n) is 1.05. The maximum atomic E-state index is 11.6. The summed E-state index contributed by atoms with van der Waals surface area (Å²) in [6.07, 6.45) is 0.682. The van der Waals surface area contributed by atoms with E-state index >= 15 is 0 Å². The van der Waals surface area contributed by atoms with Gasteiger partial charge in [0.25, 0.3) is 0 Å². The Hall–Kier alpha value is 0.160. The van der Waals surface area contributed by atoms with Gasteiger partial charge in [0.1, 0.15) is 0 Å². The van der Waals surface area contributed by atoms with Gasteiger partial charge in [0.05, 0.1) is 12.4 Å². The molecule has 0 saturated heterocycles. The second-order valence-electron chi connectivity index (χ2n) is 2.84. The molecule has 0 aromatic carbocycles. The molecule has 0 bridgehead atoms. The van der Waals surface area contributed by atoms with Crippen molar-refractivity contribution in [2.24, 2.45) is 0 Å². The second kappa shape index (κ2) is 7.45. The highest BCUT2D eigenvalue weighted by atomic mass is 35.5. The first kappa shape index (κ1) is 14.2. The first-order valence-corrected chi connectivity index (χ1v) is 6.75. The highest BCUT2D eigenvalue weighted by Gasteiger charge is 2.18. The molecule has 0 aromatic heterocycles. The van der Waals surface area contributed by atoms with Gasteiger partial charge in [0.2, 0.25) is 10.0 Å². The summed E-state index contributed by atoms with van der Waals surface area (Å²) in [7, 11) is -1.67. The summed E-state index contributed by atoms with van der Waals surface area (Å²) >= 11 is 5.51. The van der Waals surface area contributed by atoms with Crippen LogP contribution in [0, 0.1) is 0 Å². The van der Waals surface area contributed by atoms with Crippen LogP contribution in [0.25, 0.3) is 0 Å². The minimum atomic E-state index is -3.16. The molecule has 0 aliphatic carbocycles. The average molecular weight is 244 g/mol. The molecule has 0 rings (SSSR count). The Morgan fingerprint density at radius 3 is 2.50 bits per heavy atom. The summed E-state index contributed by atoms with van der Waals surface area (Å²) in [6.45, 7) is 3.03. The van der Waals surface area contributed by atoms with E-state index in [1.54, 1.807) is 0 Å². The van der Waals surface area contributed by atoms with Gasteiger partial charge in [-0.25, -0.2) is 12.7 Å². The minimum Gasteiger partial charge on any atom is -0.384 e. The molecule has 0 radical (unpaired) electrons. The lowest BCUT2D eigenvalue weighted by atomic mass is 10.5. The van der Waals surface area contributed by atoms with Gasteiger partial charge < -0.3 is 4.74 Å². The molecule has 0 atom stereocenters. The third-order valence-electron chi connectivity index (χ3n) is 1.83. The Bertz CT molecular complexity index is 231. The summed E-state index contributed by atoms with van der Waals surface area (Å²) in [6, 6.07) is 0. The van der Waals surface area contributed by atoms with Gasteiger partial charge in [0.15, 0.2) is 0 Å². The fraction of sp³-hybridized carbons (Fsp3) is 1.00. The lowest BCUT2D eigenvalue weighted by Gasteiger charge is -2.19. The van der Waals surface area contributed by atoms with E-state index in [1.807, 2.05) is 6.92 Å². The summed E-state index contributed by atoms with van der Waals surface area (Å²) in [4.78, 5) is 0. The zero-order valence-electron chi connectivity index (χ0n) is 8.70. The smallest absolute Gasteiger partial charge is 0.216 e. The van der Waals surface area contributed by atoms with Crippen molar-refractivity contribution in [3.05, 3.63) is 0 Å². The van der Waals surface area contributed by atoms with Crippen LogP contribution in [-0.2, 0) is 14.8 Å². The summed E-state index contributed by atoms with van der Waals surface area (Å²) in [5, 5.41) is 0. The van der Waals surface area contributed by atoms with Crippen LogP contribution in [0.15, 0.2) is 0 Å². The Morgan fingerprint density at radius 2 is 2.07 bits per heavy atom. The second-order valence-corrected chi connectivity index (χ2v) is 5.31. The Kier molecular flexibility index (Phi) is 7.54. The van der Waals surface area contributed by atoms with Gasteiger partial charge in [-0.15, -0.1) is 11.6 Å². The van der Waals surface area contributed by atoms with Gasteiger partial charge in [0, 0.05) is 26.1 Å². The molecular weight excluding hydrogens is 226 g/mol. The van der Waals surface area contributed by atoms with E-state index in [0.717, 1.165) is 0 Å². The third kappa shape index (κ3) is 5.14. The SMILES string of the molecule is CCN(CCCCl)S(=O)(=O)CCOC. The van der Waals surface area contributed by atoms with E-state index in [9.17, 15) is 8.42 Å². The van der Waals surface area contributed by atoms with E-state index in [2.05, 4.69) is 0 Å². The van der Waals surface area contributed by atoms with Crippen molar-refractivity contribution in [1.82, 2.24) is 4.31 Å². The van der Waals surface area contributed by atoms with Crippen LogP contribution in [0.3, 0.4) is 0 Å². The lowest BCUT2D eigenvalue weighted by molar-refractivity contribution is 0.215. The van der Waals surface area contributed by atoms with Crippen molar-refractivity contribution in [1.29, 1.82) is 0 Å². The highest BCUT2D eigenvalue weighted by molar-refractivity contribution is 7.89. The zero-order valence-corrected chi connectivity index (χ0v) is 10.3. The first-order chi connectivity index (χ1) is 6.58. The van der Waals surface area contributed by atoms with Gasteiger partial charge in [-0.3, -0.25) is 0 Å². The van der Waals surface area contributed by atoms with Gasteiger partial charge in [-0.2, -0.15) is 0 Å². The molecule has 0 aromatic rings. The predicted molar refractivity (Wildman–Crippen MR) is 58.2 cm³/mol. The number of rotatable bonds is 8. The van der Waals surface area contributed by atoms with Crippen molar-refractivity contribution in [3.8, 4) is 0 Å². The van der Waals surface area contributed by atoms with E-state index in [4.69, 9.17) is 16.3 Å². The van der Waals surface area contributed by atoms with Crippen LogP contribution < -0.4 is 0 Å². The van der Waals surface area contributed by atoms with Crippen molar-refractivity contribution in [2.45, 2.75) is 13.3 Å². The highest BCUT2D eigenvalue weighted by Crippen LogP contribution is 2.03. The van der Waals surface area contributed by atoms with Crippen molar-refractivity contribution < 1.29 is 13.2 Å². The Labute approximate surface area is 91.2 Å². The quantitative estimate of drug-likeness (QED) is 0.596.